The molecule has 0 saturated heterocycles. The minimum Gasteiger partial charge on any atom is -0.496 e. The van der Waals surface area contributed by atoms with Crippen LogP contribution >= 0.6 is 11.8 Å². The van der Waals surface area contributed by atoms with Crippen LogP contribution in [0.2, 0.25) is 0 Å². The Morgan fingerprint density at radius 1 is 1.35 bits per heavy atom. The number of methoxy groups -OCH3 is 1. The maximum Gasteiger partial charge on any atom is 0.123 e. The number of thioether (sulfide) groups is 1. The zero-order valence-corrected chi connectivity index (χ0v) is 14.1. The van der Waals surface area contributed by atoms with E-state index in [-0.39, 0.29) is 12.1 Å². The highest BCUT2D eigenvalue weighted by atomic mass is 32.2. The SMILES string of the molecule is CCC(N)C(c1ccccc1OC)N(C)C(C)CSC. The summed E-state index contributed by atoms with van der Waals surface area (Å²) in [4.78, 5) is 2.38. The summed E-state index contributed by atoms with van der Waals surface area (Å²) in [5, 5.41) is 0. The molecule has 0 aliphatic carbocycles. The summed E-state index contributed by atoms with van der Waals surface area (Å²) in [7, 11) is 3.88. The predicted octanol–water partition coefficient (Wildman–Crippen LogP) is 3.16. The summed E-state index contributed by atoms with van der Waals surface area (Å²) in [5.41, 5.74) is 7.58. The van der Waals surface area contributed by atoms with Crippen LogP contribution in [0.25, 0.3) is 0 Å². The third-order valence-electron chi connectivity index (χ3n) is 3.88. The fourth-order valence-electron chi connectivity index (χ4n) is 2.52. The molecule has 0 bridgehead atoms. The summed E-state index contributed by atoms with van der Waals surface area (Å²) in [6.07, 6.45) is 3.08. The van der Waals surface area contributed by atoms with Crippen molar-refractivity contribution in [2.75, 3.05) is 26.2 Å². The number of para-hydroxylation sites is 1. The third kappa shape index (κ3) is 4.14. The fourth-order valence-corrected chi connectivity index (χ4v) is 3.24. The van der Waals surface area contributed by atoms with Crippen molar-refractivity contribution in [1.29, 1.82) is 0 Å². The van der Waals surface area contributed by atoms with E-state index in [9.17, 15) is 0 Å². The van der Waals surface area contributed by atoms with Gasteiger partial charge in [-0.05, 0) is 32.7 Å². The predicted molar refractivity (Wildman–Crippen MR) is 89.6 cm³/mol. The van der Waals surface area contributed by atoms with Gasteiger partial charge in [0.05, 0.1) is 13.2 Å². The second kappa shape index (κ2) is 8.55. The molecule has 0 aliphatic heterocycles. The summed E-state index contributed by atoms with van der Waals surface area (Å²) in [6, 6.07) is 8.94. The molecule has 0 aromatic heterocycles. The summed E-state index contributed by atoms with van der Waals surface area (Å²) < 4.78 is 5.52. The molecule has 0 saturated carbocycles. The van der Waals surface area contributed by atoms with Crippen LogP contribution in [-0.2, 0) is 0 Å². The topological polar surface area (TPSA) is 38.5 Å². The van der Waals surface area contributed by atoms with Crippen molar-refractivity contribution < 1.29 is 4.74 Å². The van der Waals surface area contributed by atoms with E-state index < -0.39 is 0 Å². The lowest BCUT2D eigenvalue weighted by Crippen LogP contribution is -2.43. The fraction of sp³-hybridized carbons (Fsp3) is 0.625. The summed E-state index contributed by atoms with van der Waals surface area (Å²) >= 11 is 1.87. The molecule has 1 aromatic rings. The van der Waals surface area contributed by atoms with Crippen molar-refractivity contribution in [3.05, 3.63) is 29.8 Å². The molecule has 0 aliphatic rings. The van der Waals surface area contributed by atoms with Gasteiger partial charge in [-0.25, -0.2) is 0 Å². The van der Waals surface area contributed by atoms with E-state index >= 15 is 0 Å². The van der Waals surface area contributed by atoms with E-state index in [1.165, 1.54) is 5.56 Å². The van der Waals surface area contributed by atoms with Crippen molar-refractivity contribution in [2.24, 2.45) is 5.73 Å². The van der Waals surface area contributed by atoms with Crippen LogP contribution < -0.4 is 10.5 Å². The van der Waals surface area contributed by atoms with Gasteiger partial charge in [0.15, 0.2) is 0 Å². The molecule has 3 unspecified atom stereocenters. The molecule has 20 heavy (non-hydrogen) atoms. The average molecular weight is 296 g/mol. The number of nitrogens with two attached hydrogens (primary N) is 1. The second-order valence-electron chi connectivity index (χ2n) is 5.23. The Morgan fingerprint density at radius 2 is 2.00 bits per heavy atom. The van der Waals surface area contributed by atoms with Crippen molar-refractivity contribution in [3.63, 3.8) is 0 Å². The maximum atomic E-state index is 6.40. The van der Waals surface area contributed by atoms with Crippen LogP contribution in [0.1, 0.15) is 31.9 Å². The van der Waals surface area contributed by atoms with Crippen molar-refractivity contribution in [2.45, 2.75) is 38.4 Å². The van der Waals surface area contributed by atoms with Crippen molar-refractivity contribution in [1.82, 2.24) is 4.90 Å². The highest BCUT2D eigenvalue weighted by molar-refractivity contribution is 7.98. The molecule has 4 heteroatoms. The van der Waals surface area contributed by atoms with E-state index in [0.29, 0.717) is 6.04 Å². The average Bonchev–Trinajstić information content (AvgIpc) is 2.47. The Labute approximate surface area is 127 Å². The number of hydrogen-bond donors (Lipinski definition) is 1. The molecule has 3 nitrogen and oxygen atoms in total. The number of nitrogens with zero attached hydrogens (tertiary/aromatic N) is 1. The van der Waals surface area contributed by atoms with Gasteiger partial charge in [-0.15, -0.1) is 0 Å². The smallest absolute Gasteiger partial charge is 0.123 e. The molecule has 0 fully saturated rings. The molecule has 0 heterocycles. The Kier molecular flexibility index (Phi) is 7.41. The number of benzene rings is 1. The normalized spacial score (nSPS) is 15.9. The number of hydrogen-bond acceptors (Lipinski definition) is 4. The van der Waals surface area contributed by atoms with Crippen molar-refractivity contribution >= 4 is 11.8 Å². The first kappa shape index (κ1) is 17.3. The zero-order chi connectivity index (χ0) is 15.1. The van der Waals surface area contributed by atoms with E-state index in [1.807, 2.05) is 23.9 Å². The quantitative estimate of drug-likeness (QED) is 0.800. The molecule has 1 aromatic carbocycles. The van der Waals surface area contributed by atoms with Gasteiger partial charge in [0.1, 0.15) is 5.75 Å². The first-order valence-electron chi connectivity index (χ1n) is 7.16. The largest absolute Gasteiger partial charge is 0.496 e. The first-order valence-corrected chi connectivity index (χ1v) is 8.55. The van der Waals surface area contributed by atoms with E-state index in [1.54, 1.807) is 7.11 Å². The van der Waals surface area contributed by atoms with Gasteiger partial charge in [0, 0.05) is 23.4 Å². The van der Waals surface area contributed by atoms with Gasteiger partial charge < -0.3 is 10.5 Å². The Hall–Kier alpha value is -0.710. The van der Waals surface area contributed by atoms with Gasteiger partial charge in [0.25, 0.3) is 0 Å². The number of ether oxygens (including phenoxy) is 1. The second-order valence-corrected chi connectivity index (χ2v) is 6.14. The van der Waals surface area contributed by atoms with Crippen LogP contribution in [0, 0.1) is 0 Å². The molecule has 114 valence electrons. The number of likely N-dealkylation sites (N-methyl/N-ethyl adjacent to an activating group) is 1. The molecular weight excluding hydrogens is 268 g/mol. The van der Waals surface area contributed by atoms with Gasteiger partial charge in [-0.2, -0.15) is 11.8 Å². The van der Waals surface area contributed by atoms with Gasteiger partial charge >= 0.3 is 0 Å². The standard InChI is InChI=1S/C16H28N2OS/c1-6-14(17)16(18(3)12(2)11-20-5)13-9-7-8-10-15(13)19-4/h7-10,12,14,16H,6,11,17H2,1-5H3. The highest BCUT2D eigenvalue weighted by Gasteiger charge is 2.28. The van der Waals surface area contributed by atoms with Gasteiger partial charge in [-0.3, -0.25) is 4.90 Å². The Balaban J connectivity index is 3.11. The zero-order valence-electron chi connectivity index (χ0n) is 13.3. The lowest BCUT2D eigenvalue weighted by Gasteiger charge is -2.37. The maximum absolute atomic E-state index is 6.40. The minimum atomic E-state index is 0.0978. The molecule has 1 rings (SSSR count). The van der Waals surface area contributed by atoms with Crippen LogP contribution in [0.3, 0.4) is 0 Å². The molecule has 0 spiro atoms. The Morgan fingerprint density at radius 3 is 2.55 bits per heavy atom. The summed E-state index contributed by atoms with van der Waals surface area (Å²) in [6.45, 7) is 4.39. The Bertz CT molecular complexity index is 400. The molecule has 2 N–H and O–H groups in total. The van der Waals surface area contributed by atoms with Gasteiger partial charge in [0.2, 0.25) is 0 Å². The van der Waals surface area contributed by atoms with Crippen molar-refractivity contribution in [3.8, 4) is 5.75 Å². The van der Waals surface area contributed by atoms with Crippen LogP contribution in [-0.4, -0.2) is 43.1 Å². The lowest BCUT2D eigenvalue weighted by atomic mass is 9.95. The summed E-state index contributed by atoms with van der Waals surface area (Å²) in [5.74, 6) is 2.02. The first-order chi connectivity index (χ1) is 9.56. The molecule has 0 amide bonds. The third-order valence-corrected chi connectivity index (χ3v) is 4.69. The van der Waals surface area contributed by atoms with E-state index in [2.05, 4.69) is 44.2 Å². The van der Waals surface area contributed by atoms with E-state index in [0.717, 1.165) is 17.9 Å². The van der Waals surface area contributed by atoms with E-state index in [4.69, 9.17) is 10.5 Å². The minimum absolute atomic E-state index is 0.0978. The van der Waals surface area contributed by atoms with Crippen LogP contribution in [0.5, 0.6) is 5.75 Å². The van der Waals surface area contributed by atoms with Crippen LogP contribution in [0.4, 0.5) is 0 Å². The molecule has 3 atom stereocenters. The molecular formula is C16H28N2OS. The molecule has 0 radical (unpaired) electrons. The number of rotatable bonds is 8. The van der Waals surface area contributed by atoms with Crippen LogP contribution in [0.15, 0.2) is 24.3 Å². The highest BCUT2D eigenvalue weighted by Crippen LogP contribution is 2.32. The monoisotopic (exact) mass is 296 g/mol. The van der Waals surface area contributed by atoms with Gasteiger partial charge in [-0.1, -0.05) is 25.1 Å². The lowest BCUT2D eigenvalue weighted by molar-refractivity contribution is 0.167.